The number of hydrogen-bond acceptors (Lipinski definition) is 8. The van der Waals surface area contributed by atoms with Crippen molar-refractivity contribution in [2.45, 2.75) is 25.4 Å². The first-order valence-corrected chi connectivity index (χ1v) is 10.6. The lowest BCUT2D eigenvalue weighted by molar-refractivity contribution is -0.147. The lowest BCUT2D eigenvalue weighted by Gasteiger charge is -2.24. The Hall–Kier alpha value is -3.18. The molecule has 2 atom stereocenters. The summed E-state index contributed by atoms with van der Waals surface area (Å²) in [5, 5.41) is 9.49. The molecule has 0 saturated heterocycles. The summed E-state index contributed by atoms with van der Waals surface area (Å²) in [5.41, 5.74) is 4.99. The maximum absolute atomic E-state index is 12.9. The number of halogens is 1. The Balaban J connectivity index is 2.24. The quantitative estimate of drug-likeness (QED) is 0.111. The fourth-order valence-electron chi connectivity index (χ4n) is 3.11. The highest BCUT2D eigenvalue weighted by Crippen LogP contribution is 2.23. The molecule has 0 aliphatic rings. The number of guanidine groups is 1. The van der Waals surface area contributed by atoms with Crippen molar-refractivity contribution in [2.24, 2.45) is 16.8 Å². The Morgan fingerprint density at radius 1 is 1.12 bits per heavy atom. The maximum atomic E-state index is 12.9. The first kappa shape index (κ1) is 26.1. The Bertz CT molecular complexity index is 954. The number of esters is 1. The van der Waals surface area contributed by atoms with Crippen molar-refractivity contribution in [3.05, 3.63) is 59.1 Å². The molecule has 33 heavy (non-hydrogen) atoms. The van der Waals surface area contributed by atoms with Crippen LogP contribution in [0.1, 0.15) is 12.5 Å². The molecule has 0 aromatic heterocycles. The molecule has 10 nitrogen and oxygen atoms in total. The van der Waals surface area contributed by atoms with Gasteiger partial charge in [-0.05, 0) is 42.2 Å². The predicted octanol–water partition coefficient (Wildman–Crippen LogP) is 0.895. The number of nitrogens with two attached hydrogens (primary N) is 2. The fourth-order valence-corrected chi connectivity index (χ4v) is 3.30. The summed E-state index contributed by atoms with van der Waals surface area (Å²) in [6.45, 7) is 1.91. The fraction of sp³-hybridized carbons (Fsp3) is 0.318. The minimum atomic E-state index is -0.861. The minimum Gasteiger partial charge on any atom is -0.465 e. The van der Waals surface area contributed by atoms with Crippen molar-refractivity contribution in [2.75, 3.05) is 20.3 Å². The first-order valence-electron chi connectivity index (χ1n) is 10.2. The number of nitrogens with one attached hydrogen (secondary N) is 3. The molecule has 0 heterocycles. The van der Waals surface area contributed by atoms with Gasteiger partial charge in [0.05, 0.1) is 19.3 Å². The first-order chi connectivity index (χ1) is 15.9. The zero-order valence-electron chi connectivity index (χ0n) is 18.5. The normalized spacial score (nSPS) is 13.2. The van der Waals surface area contributed by atoms with E-state index >= 15 is 0 Å². The molecule has 0 fully saturated rings. The van der Waals surface area contributed by atoms with Crippen molar-refractivity contribution in [3.63, 3.8) is 0 Å². The van der Waals surface area contributed by atoms with Gasteiger partial charge in [-0.3, -0.25) is 25.6 Å². The van der Waals surface area contributed by atoms with E-state index in [0.29, 0.717) is 5.02 Å². The second-order valence-electron chi connectivity index (χ2n) is 7.00. The van der Waals surface area contributed by atoms with Gasteiger partial charge in [0.1, 0.15) is 6.04 Å². The number of carbonyl (C=O) groups is 2. The molecule has 11 heteroatoms. The van der Waals surface area contributed by atoms with Crippen molar-refractivity contribution < 1.29 is 19.1 Å². The number of hydrogen-bond donors (Lipinski definition) is 5. The van der Waals surface area contributed by atoms with E-state index in [-0.39, 0.29) is 25.6 Å². The number of methoxy groups -OCH3 is 1. The van der Waals surface area contributed by atoms with E-state index in [2.05, 4.69) is 21.2 Å². The Labute approximate surface area is 197 Å². The minimum absolute atomic E-state index is 0.0172. The Kier molecular flexibility index (Phi) is 10.6. The molecule has 2 rings (SSSR count). The van der Waals surface area contributed by atoms with E-state index in [1.54, 1.807) is 6.92 Å². The van der Waals surface area contributed by atoms with Crippen LogP contribution in [0.2, 0.25) is 5.02 Å². The van der Waals surface area contributed by atoms with E-state index < -0.39 is 24.0 Å². The number of hydrazone groups is 1. The number of benzene rings is 2. The van der Waals surface area contributed by atoms with Crippen LogP contribution >= 0.6 is 11.6 Å². The van der Waals surface area contributed by atoms with Crippen LogP contribution in [0, 0.1) is 0 Å². The third kappa shape index (κ3) is 8.03. The SMILES string of the molecule is CCOC(=O)[C@H](COC)N[C@@H](Cc1ccc(-c2cccc(Cl)c2)cc1)C(=O)N/C(=N\N)NN. The number of nitrogens with zero attached hydrogens (tertiary/aromatic N) is 1. The summed E-state index contributed by atoms with van der Waals surface area (Å²) >= 11 is 6.08. The second-order valence-corrected chi connectivity index (χ2v) is 7.44. The van der Waals surface area contributed by atoms with Gasteiger partial charge in [0.25, 0.3) is 0 Å². The van der Waals surface area contributed by atoms with E-state index in [9.17, 15) is 9.59 Å². The third-order valence-corrected chi connectivity index (χ3v) is 4.92. The van der Waals surface area contributed by atoms with E-state index in [4.69, 9.17) is 32.8 Å². The second kappa shape index (κ2) is 13.4. The highest BCUT2D eigenvalue weighted by molar-refractivity contribution is 6.30. The average Bonchev–Trinajstić information content (AvgIpc) is 2.82. The van der Waals surface area contributed by atoms with Crippen molar-refractivity contribution in [3.8, 4) is 11.1 Å². The van der Waals surface area contributed by atoms with Gasteiger partial charge in [0.15, 0.2) is 0 Å². The summed E-state index contributed by atoms with van der Waals surface area (Å²) in [4.78, 5) is 25.2. The van der Waals surface area contributed by atoms with Crippen molar-refractivity contribution in [1.29, 1.82) is 0 Å². The van der Waals surface area contributed by atoms with Gasteiger partial charge in [0, 0.05) is 12.1 Å². The topological polar surface area (TPSA) is 153 Å². The molecule has 0 bridgehead atoms. The van der Waals surface area contributed by atoms with Crippen LogP contribution < -0.4 is 27.7 Å². The van der Waals surface area contributed by atoms with E-state index in [1.165, 1.54) is 7.11 Å². The third-order valence-electron chi connectivity index (χ3n) is 4.68. The van der Waals surface area contributed by atoms with Crippen LogP contribution in [0.3, 0.4) is 0 Å². The maximum Gasteiger partial charge on any atom is 0.325 e. The smallest absolute Gasteiger partial charge is 0.325 e. The number of rotatable bonds is 10. The van der Waals surface area contributed by atoms with Crippen LogP contribution in [-0.2, 0) is 25.5 Å². The lowest BCUT2D eigenvalue weighted by atomic mass is 10.00. The highest BCUT2D eigenvalue weighted by Gasteiger charge is 2.28. The van der Waals surface area contributed by atoms with Crippen LogP contribution in [0.25, 0.3) is 11.1 Å². The molecule has 0 spiro atoms. The van der Waals surface area contributed by atoms with Gasteiger partial charge in [-0.15, -0.1) is 5.10 Å². The largest absolute Gasteiger partial charge is 0.465 e. The van der Waals surface area contributed by atoms with Gasteiger partial charge < -0.3 is 15.3 Å². The summed E-state index contributed by atoms with van der Waals surface area (Å²) in [6.07, 6.45) is 0.254. The van der Waals surface area contributed by atoms with Crippen LogP contribution in [0.15, 0.2) is 53.6 Å². The molecule has 0 unspecified atom stereocenters. The number of amides is 1. The summed E-state index contributed by atoms with van der Waals surface area (Å²) in [7, 11) is 1.45. The molecule has 1 amide bonds. The molecule has 0 aliphatic carbocycles. The van der Waals surface area contributed by atoms with Crippen molar-refractivity contribution in [1.82, 2.24) is 16.1 Å². The monoisotopic (exact) mass is 476 g/mol. The Morgan fingerprint density at radius 3 is 2.42 bits per heavy atom. The molecular formula is C22H29ClN6O4. The number of ether oxygens (including phenoxy) is 2. The Morgan fingerprint density at radius 2 is 1.85 bits per heavy atom. The summed E-state index contributed by atoms with van der Waals surface area (Å²) < 4.78 is 10.2. The van der Waals surface area contributed by atoms with Crippen molar-refractivity contribution >= 4 is 29.4 Å². The van der Waals surface area contributed by atoms with Crippen LogP contribution in [-0.4, -0.2) is 50.2 Å². The van der Waals surface area contributed by atoms with Gasteiger partial charge in [-0.1, -0.05) is 48.0 Å². The number of carbonyl (C=O) groups excluding carboxylic acids is 2. The highest BCUT2D eigenvalue weighted by atomic mass is 35.5. The molecule has 0 radical (unpaired) electrons. The summed E-state index contributed by atoms with van der Waals surface area (Å²) in [6, 6.07) is 13.5. The number of hydrazine groups is 1. The zero-order valence-corrected chi connectivity index (χ0v) is 19.3. The zero-order chi connectivity index (χ0) is 24.2. The van der Waals surface area contributed by atoms with Gasteiger partial charge in [-0.25, -0.2) is 5.84 Å². The molecule has 2 aromatic carbocycles. The van der Waals surface area contributed by atoms with E-state index in [0.717, 1.165) is 16.7 Å². The molecule has 0 aliphatic heterocycles. The van der Waals surface area contributed by atoms with E-state index in [1.807, 2.05) is 48.5 Å². The molecule has 0 saturated carbocycles. The van der Waals surface area contributed by atoms with Gasteiger partial charge in [0.2, 0.25) is 11.9 Å². The van der Waals surface area contributed by atoms with Gasteiger partial charge >= 0.3 is 5.97 Å². The molecule has 2 aromatic rings. The molecule has 7 N–H and O–H groups in total. The standard InChI is InChI=1S/C22H29ClN6O4/c1-3-33-21(31)19(13-32-2)26-18(20(30)27-22(28-24)29-25)11-14-7-9-15(10-8-14)16-5-4-6-17(23)12-16/h4-10,12,18-19,26H,3,11,13,24-25H2,1-2H3,(H2,27,28,29,30)/t18-,19-/m0/s1. The van der Waals surface area contributed by atoms with Gasteiger partial charge in [-0.2, -0.15) is 0 Å². The average molecular weight is 477 g/mol. The lowest BCUT2D eigenvalue weighted by Crippen LogP contribution is -2.57. The van der Waals surface area contributed by atoms with Crippen LogP contribution in [0.4, 0.5) is 0 Å². The predicted molar refractivity (Wildman–Crippen MR) is 127 cm³/mol. The summed E-state index contributed by atoms with van der Waals surface area (Å²) in [5.74, 6) is 9.36. The molecular weight excluding hydrogens is 448 g/mol. The van der Waals surface area contributed by atoms with Crippen LogP contribution in [0.5, 0.6) is 0 Å². The molecule has 178 valence electrons.